The maximum atomic E-state index is 10.2. The molecule has 0 aromatic heterocycles. The number of hydrogen-bond donors (Lipinski definition) is 2. The lowest BCUT2D eigenvalue weighted by molar-refractivity contribution is -0.00928. The van der Waals surface area contributed by atoms with Gasteiger partial charge in [-0.05, 0) is 80.5 Å². The average molecular weight is 290 g/mol. The van der Waals surface area contributed by atoms with E-state index < -0.39 is 0 Å². The number of aliphatic hydroxyl groups is 2. The van der Waals surface area contributed by atoms with E-state index in [0.29, 0.717) is 5.41 Å². The molecule has 6 atom stereocenters. The van der Waals surface area contributed by atoms with Gasteiger partial charge in [0.1, 0.15) is 0 Å². The van der Waals surface area contributed by atoms with Crippen molar-refractivity contribution in [2.75, 3.05) is 0 Å². The largest absolute Gasteiger partial charge is 0.393 e. The molecule has 4 rings (SSSR count). The molecule has 0 aliphatic heterocycles. The normalized spacial score (nSPS) is 53.1. The van der Waals surface area contributed by atoms with Crippen LogP contribution in [0.25, 0.3) is 0 Å². The average Bonchev–Trinajstić information content (AvgIpc) is 2.73. The van der Waals surface area contributed by atoms with Gasteiger partial charge in [0.25, 0.3) is 0 Å². The molecular formula is C19H30O2. The van der Waals surface area contributed by atoms with Crippen LogP contribution in [0, 0.1) is 22.7 Å². The number of allylic oxidation sites excluding steroid dienone is 1. The van der Waals surface area contributed by atoms with Gasteiger partial charge in [-0.1, -0.05) is 25.0 Å². The van der Waals surface area contributed by atoms with E-state index in [1.807, 2.05) is 0 Å². The minimum Gasteiger partial charge on any atom is -0.393 e. The van der Waals surface area contributed by atoms with E-state index in [0.717, 1.165) is 37.5 Å². The third kappa shape index (κ3) is 1.98. The molecule has 3 fully saturated rings. The number of hydrogen-bond acceptors (Lipinski definition) is 2. The Hall–Kier alpha value is -0.340. The minimum absolute atomic E-state index is 0.0498. The maximum absolute atomic E-state index is 10.2. The van der Waals surface area contributed by atoms with Crippen LogP contribution in [-0.4, -0.2) is 22.4 Å². The summed E-state index contributed by atoms with van der Waals surface area (Å²) in [7, 11) is 0. The zero-order valence-corrected chi connectivity index (χ0v) is 13.6. The van der Waals surface area contributed by atoms with Gasteiger partial charge < -0.3 is 10.2 Å². The zero-order valence-electron chi connectivity index (χ0n) is 13.6. The second-order valence-electron chi connectivity index (χ2n) is 8.87. The first kappa shape index (κ1) is 14.3. The predicted octanol–water partition coefficient (Wildman–Crippen LogP) is 3.82. The zero-order chi connectivity index (χ0) is 14.8. The van der Waals surface area contributed by atoms with Crippen molar-refractivity contribution in [1.29, 1.82) is 0 Å². The molecule has 0 radical (unpaired) electrons. The summed E-state index contributed by atoms with van der Waals surface area (Å²) in [5, 5.41) is 20.2. The van der Waals surface area contributed by atoms with Crippen LogP contribution in [0.2, 0.25) is 0 Å². The highest BCUT2D eigenvalue weighted by Crippen LogP contribution is 2.64. The van der Waals surface area contributed by atoms with Crippen LogP contribution in [0.5, 0.6) is 0 Å². The Labute approximate surface area is 128 Å². The molecule has 0 aromatic rings. The van der Waals surface area contributed by atoms with Crippen LogP contribution in [0.1, 0.15) is 71.6 Å². The topological polar surface area (TPSA) is 40.5 Å². The van der Waals surface area contributed by atoms with Crippen molar-refractivity contribution in [3.63, 3.8) is 0 Å². The molecular weight excluding hydrogens is 260 g/mol. The van der Waals surface area contributed by atoms with Gasteiger partial charge in [-0.2, -0.15) is 0 Å². The van der Waals surface area contributed by atoms with Gasteiger partial charge in [0.15, 0.2) is 0 Å². The lowest BCUT2D eigenvalue weighted by atomic mass is 9.49. The van der Waals surface area contributed by atoms with E-state index >= 15 is 0 Å². The summed E-state index contributed by atoms with van der Waals surface area (Å²) < 4.78 is 0. The Morgan fingerprint density at radius 3 is 2.57 bits per heavy atom. The molecule has 21 heavy (non-hydrogen) atoms. The van der Waals surface area contributed by atoms with Crippen molar-refractivity contribution in [1.82, 2.24) is 0 Å². The molecule has 2 heteroatoms. The van der Waals surface area contributed by atoms with Crippen LogP contribution in [0.4, 0.5) is 0 Å². The Morgan fingerprint density at radius 1 is 0.952 bits per heavy atom. The number of rotatable bonds is 0. The Balaban J connectivity index is 1.73. The molecule has 0 heterocycles. The molecule has 0 bridgehead atoms. The summed E-state index contributed by atoms with van der Waals surface area (Å²) in [6.45, 7) is 4.90. The fourth-order valence-electron chi connectivity index (χ4n) is 6.54. The summed E-state index contributed by atoms with van der Waals surface area (Å²) in [6.07, 6.45) is 10.0. The van der Waals surface area contributed by atoms with E-state index in [-0.39, 0.29) is 17.6 Å². The summed E-state index contributed by atoms with van der Waals surface area (Å²) >= 11 is 0. The molecule has 0 aromatic carbocycles. The minimum atomic E-state index is -0.106. The Kier molecular flexibility index (Phi) is 3.11. The molecule has 2 N–H and O–H groups in total. The van der Waals surface area contributed by atoms with Crippen molar-refractivity contribution in [3.8, 4) is 0 Å². The summed E-state index contributed by atoms with van der Waals surface area (Å²) in [5.74, 6) is 1.51. The van der Waals surface area contributed by atoms with Gasteiger partial charge in [0.05, 0.1) is 12.2 Å². The molecule has 3 saturated carbocycles. The molecule has 0 saturated heterocycles. The smallest absolute Gasteiger partial charge is 0.0585 e. The van der Waals surface area contributed by atoms with Crippen molar-refractivity contribution >= 4 is 0 Å². The number of fused-ring (bicyclic) bond motifs is 4. The Bertz CT molecular complexity index is 482. The summed E-state index contributed by atoms with van der Waals surface area (Å²) in [5.41, 5.74) is 4.01. The molecule has 0 unspecified atom stereocenters. The summed E-state index contributed by atoms with van der Waals surface area (Å²) in [4.78, 5) is 0. The Morgan fingerprint density at radius 2 is 1.76 bits per heavy atom. The fourth-order valence-corrected chi connectivity index (χ4v) is 6.54. The van der Waals surface area contributed by atoms with Gasteiger partial charge in [0.2, 0.25) is 0 Å². The lowest BCUT2D eigenvalue weighted by Crippen LogP contribution is -2.46. The first-order valence-electron chi connectivity index (χ1n) is 9.01. The fraction of sp³-hybridized carbons (Fsp3) is 0.895. The lowest BCUT2D eigenvalue weighted by Gasteiger charge is -2.56. The second kappa shape index (κ2) is 4.58. The highest BCUT2D eigenvalue weighted by atomic mass is 16.3. The van der Waals surface area contributed by atoms with Crippen molar-refractivity contribution in [2.24, 2.45) is 22.7 Å². The van der Waals surface area contributed by atoms with Crippen LogP contribution in [0.15, 0.2) is 11.1 Å². The van der Waals surface area contributed by atoms with E-state index in [2.05, 4.69) is 13.8 Å². The highest BCUT2D eigenvalue weighted by molar-refractivity contribution is 5.36. The van der Waals surface area contributed by atoms with Crippen LogP contribution >= 0.6 is 0 Å². The van der Waals surface area contributed by atoms with Gasteiger partial charge >= 0.3 is 0 Å². The quantitative estimate of drug-likeness (QED) is 0.666. The maximum Gasteiger partial charge on any atom is 0.0585 e. The van der Waals surface area contributed by atoms with Crippen molar-refractivity contribution < 1.29 is 10.2 Å². The molecule has 4 aliphatic carbocycles. The standard InChI is InChI=1S/C19H30O2/c1-18-7-8-19(2)15-6-4-13(20)9-12(15)3-5-16(19)17(18)10-14(21)11-18/h12-15,20-21H,3-11H2,1-2H3/t12-,13-,14+,15-,18+,19+/m0/s1. The predicted molar refractivity (Wildman–Crippen MR) is 83.8 cm³/mol. The number of aliphatic hydroxyl groups excluding tert-OH is 2. The van der Waals surface area contributed by atoms with E-state index in [4.69, 9.17) is 0 Å². The van der Waals surface area contributed by atoms with Crippen LogP contribution in [0.3, 0.4) is 0 Å². The highest BCUT2D eigenvalue weighted by Gasteiger charge is 2.54. The third-order valence-electron chi connectivity index (χ3n) is 7.64. The molecule has 4 aliphatic rings. The third-order valence-corrected chi connectivity index (χ3v) is 7.64. The van der Waals surface area contributed by atoms with E-state index in [1.165, 1.54) is 32.1 Å². The van der Waals surface area contributed by atoms with Gasteiger partial charge in [0, 0.05) is 0 Å². The second-order valence-corrected chi connectivity index (χ2v) is 8.87. The van der Waals surface area contributed by atoms with E-state index in [9.17, 15) is 10.2 Å². The molecule has 2 nitrogen and oxygen atoms in total. The molecule has 0 spiro atoms. The molecule has 0 amide bonds. The van der Waals surface area contributed by atoms with E-state index in [1.54, 1.807) is 11.1 Å². The SMILES string of the molecule is C[C@]12CC[C@@]3(C)C(=C1C[C@@H](O)C2)CC[C@H]1C[C@@H](O)CC[C@@H]13. The van der Waals surface area contributed by atoms with Gasteiger partial charge in [-0.25, -0.2) is 0 Å². The summed E-state index contributed by atoms with van der Waals surface area (Å²) in [6, 6.07) is 0. The monoisotopic (exact) mass is 290 g/mol. The van der Waals surface area contributed by atoms with Gasteiger partial charge in [-0.3, -0.25) is 0 Å². The first-order valence-corrected chi connectivity index (χ1v) is 9.01. The molecule has 118 valence electrons. The van der Waals surface area contributed by atoms with Crippen molar-refractivity contribution in [3.05, 3.63) is 11.1 Å². The van der Waals surface area contributed by atoms with Crippen LogP contribution < -0.4 is 0 Å². The van der Waals surface area contributed by atoms with Crippen molar-refractivity contribution in [2.45, 2.75) is 83.8 Å². The van der Waals surface area contributed by atoms with Crippen LogP contribution in [-0.2, 0) is 0 Å². The first-order chi connectivity index (χ1) is 9.92. The van der Waals surface area contributed by atoms with Gasteiger partial charge in [-0.15, -0.1) is 0 Å².